The summed E-state index contributed by atoms with van der Waals surface area (Å²) in [5.41, 5.74) is 0. The largest absolute Gasteiger partial charge is 0.294 e. The van der Waals surface area contributed by atoms with E-state index in [0.29, 0.717) is 6.04 Å². The van der Waals surface area contributed by atoms with Gasteiger partial charge < -0.3 is 0 Å². The molecular weight excluding hydrogens is 261 g/mol. The molecule has 4 heteroatoms. The molecule has 0 saturated carbocycles. The van der Waals surface area contributed by atoms with Crippen LogP contribution < -0.4 is 0 Å². The van der Waals surface area contributed by atoms with Crippen LogP contribution in [-0.2, 0) is 6.54 Å². The summed E-state index contributed by atoms with van der Waals surface area (Å²) < 4.78 is 0.882. The van der Waals surface area contributed by atoms with Crippen molar-refractivity contribution in [2.24, 2.45) is 0 Å². The quantitative estimate of drug-likeness (QED) is 0.741. The van der Waals surface area contributed by atoms with Crippen molar-refractivity contribution in [2.75, 3.05) is 12.4 Å². The van der Waals surface area contributed by atoms with Crippen LogP contribution in [0.4, 0.5) is 0 Å². The zero-order chi connectivity index (χ0) is 11.4. The Hall–Kier alpha value is 0.240. The van der Waals surface area contributed by atoms with Crippen LogP contribution in [0, 0.1) is 0 Å². The van der Waals surface area contributed by atoms with Crippen LogP contribution in [0.3, 0.4) is 0 Å². The number of hydrogen-bond donors (Lipinski definition) is 0. The number of halogens is 2. The second kappa shape index (κ2) is 6.25. The fourth-order valence-corrected chi connectivity index (χ4v) is 3.72. The van der Waals surface area contributed by atoms with Crippen molar-refractivity contribution in [2.45, 2.75) is 38.3 Å². The average Bonchev–Trinajstić information content (AvgIpc) is 2.56. The van der Waals surface area contributed by atoms with E-state index in [-0.39, 0.29) is 0 Å². The molecule has 1 aromatic rings. The Morgan fingerprint density at radius 1 is 1.31 bits per heavy atom. The molecule has 1 fully saturated rings. The van der Waals surface area contributed by atoms with E-state index in [2.05, 4.69) is 11.0 Å². The van der Waals surface area contributed by atoms with E-state index in [1.54, 1.807) is 11.3 Å². The Morgan fingerprint density at radius 2 is 2.19 bits per heavy atom. The summed E-state index contributed by atoms with van der Waals surface area (Å²) in [6, 6.07) is 4.66. The highest BCUT2D eigenvalue weighted by molar-refractivity contribution is 7.16. The smallest absolute Gasteiger partial charge is 0.0931 e. The van der Waals surface area contributed by atoms with Crippen LogP contribution in [0.25, 0.3) is 0 Å². The normalized spacial score (nSPS) is 23.2. The van der Waals surface area contributed by atoms with Crippen molar-refractivity contribution >= 4 is 34.5 Å². The molecule has 16 heavy (non-hydrogen) atoms. The lowest BCUT2D eigenvalue weighted by atomic mass is 10.1. The second-order valence-corrected chi connectivity index (χ2v) is 6.44. The first-order valence-electron chi connectivity index (χ1n) is 5.84. The molecule has 0 spiro atoms. The molecule has 1 atom stereocenters. The number of rotatable bonds is 3. The lowest BCUT2D eigenvalue weighted by Crippen LogP contribution is -2.35. The number of thiophene rings is 1. The topological polar surface area (TPSA) is 3.24 Å². The van der Waals surface area contributed by atoms with Gasteiger partial charge in [0.2, 0.25) is 0 Å². The number of alkyl halides is 1. The van der Waals surface area contributed by atoms with Crippen molar-refractivity contribution in [1.29, 1.82) is 0 Å². The van der Waals surface area contributed by atoms with E-state index >= 15 is 0 Å². The highest BCUT2D eigenvalue weighted by atomic mass is 35.5. The first kappa shape index (κ1) is 12.7. The third-order valence-corrected chi connectivity index (χ3v) is 4.74. The Balaban J connectivity index is 1.99. The average molecular weight is 278 g/mol. The minimum absolute atomic E-state index is 0.546. The van der Waals surface area contributed by atoms with Gasteiger partial charge in [-0.3, -0.25) is 4.90 Å². The Labute approximate surface area is 111 Å². The summed E-state index contributed by atoms with van der Waals surface area (Å²) in [4.78, 5) is 3.87. The Bertz CT molecular complexity index is 327. The third-order valence-electron chi connectivity index (χ3n) is 3.16. The highest BCUT2D eigenvalue weighted by Crippen LogP contribution is 2.26. The molecule has 0 amide bonds. The molecule has 0 aromatic carbocycles. The fraction of sp³-hybridized carbons (Fsp3) is 0.667. The van der Waals surface area contributed by atoms with Gasteiger partial charge >= 0.3 is 0 Å². The third kappa shape index (κ3) is 3.36. The molecule has 2 heterocycles. The lowest BCUT2D eigenvalue weighted by Gasteiger charge is -2.27. The van der Waals surface area contributed by atoms with Gasteiger partial charge in [-0.15, -0.1) is 22.9 Å². The zero-order valence-electron chi connectivity index (χ0n) is 9.29. The van der Waals surface area contributed by atoms with Crippen molar-refractivity contribution in [3.63, 3.8) is 0 Å². The van der Waals surface area contributed by atoms with Crippen LogP contribution in [0.2, 0.25) is 4.34 Å². The van der Waals surface area contributed by atoms with E-state index in [9.17, 15) is 0 Å². The van der Waals surface area contributed by atoms with Crippen LogP contribution >= 0.6 is 34.5 Å². The van der Waals surface area contributed by atoms with Crippen molar-refractivity contribution in [3.05, 3.63) is 21.3 Å². The van der Waals surface area contributed by atoms with Gasteiger partial charge in [-0.05, 0) is 31.5 Å². The van der Waals surface area contributed by atoms with Gasteiger partial charge in [0.05, 0.1) is 4.34 Å². The molecule has 0 radical (unpaired) electrons. The molecule has 1 nitrogen and oxygen atoms in total. The van der Waals surface area contributed by atoms with E-state index in [0.717, 1.165) is 16.8 Å². The summed E-state index contributed by atoms with van der Waals surface area (Å²) >= 11 is 13.7. The van der Waals surface area contributed by atoms with Gasteiger partial charge in [-0.1, -0.05) is 24.4 Å². The molecule has 1 aromatic heterocycles. The van der Waals surface area contributed by atoms with Crippen LogP contribution in [0.5, 0.6) is 0 Å². The summed E-state index contributed by atoms with van der Waals surface area (Å²) in [6.07, 6.45) is 5.20. The summed E-state index contributed by atoms with van der Waals surface area (Å²) in [5, 5.41) is 0. The number of hydrogen-bond acceptors (Lipinski definition) is 2. The van der Waals surface area contributed by atoms with E-state index in [1.807, 2.05) is 6.07 Å². The Kier molecular flexibility index (Phi) is 4.96. The van der Waals surface area contributed by atoms with Crippen molar-refractivity contribution in [3.8, 4) is 0 Å². The van der Waals surface area contributed by atoms with Gasteiger partial charge in [0, 0.05) is 23.3 Å². The van der Waals surface area contributed by atoms with E-state index < -0.39 is 0 Å². The minimum Gasteiger partial charge on any atom is -0.294 e. The van der Waals surface area contributed by atoms with Gasteiger partial charge in [0.15, 0.2) is 0 Å². The molecule has 1 aliphatic heterocycles. The lowest BCUT2D eigenvalue weighted by molar-refractivity contribution is 0.209. The monoisotopic (exact) mass is 277 g/mol. The standard InChI is InChI=1S/C12H17Cl2NS/c13-8-10-4-2-1-3-7-15(10)9-11-5-6-12(14)16-11/h5-6,10H,1-4,7-9H2. The Morgan fingerprint density at radius 3 is 2.88 bits per heavy atom. The molecule has 0 aliphatic carbocycles. The van der Waals surface area contributed by atoms with Gasteiger partial charge in [-0.25, -0.2) is 0 Å². The molecule has 1 aliphatic rings. The minimum atomic E-state index is 0.546. The zero-order valence-corrected chi connectivity index (χ0v) is 11.6. The second-order valence-electron chi connectivity index (χ2n) is 4.33. The summed E-state index contributed by atoms with van der Waals surface area (Å²) in [5.74, 6) is 0.749. The van der Waals surface area contributed by atoms with Gasteiger partial charge in [0.1, 0.15) is 0 Å². The fourth-order valence-electron chi connectivity index (χ4n) is 2.26. The first-order valence-corrected chi connectivity index (χ1v) is 7.56. The molecule has 90 valence electrons. The van der Waals surface area contributed by atoms with Crippen LogP contribution in [0.1, 0.15) is 30.6 Å². The maximum atomic E-state index is 6.05. The molecule has 0 bridgehead atoms. The molecular formula is C12H17Cl2NS. The number of nitrogens with zero attached hydrogens (tertiary/aromatic N) is 1. The van der Waals surface area contributed by atoms with E-state index in [4.69, 9.17) is 23.2 Å². The first-order chi connectivity index (χ1) is 7.79. The summed E-state index contributed by atoms with van der Waals surface area (Å²) in [7, 11) is 0. The van der Waals surface area contributed by atoms with Crippen LogP contribution in [-0.4, -0.2) is 23.4 Å². The number of likely N-dealkylation sites (tertiary alicyclic amines) is 1. The van der Waals surface area contributed by atoms with Gasteiger partial charge in [-0.2, -0.15) is 0 Å². The predicted octanol–water partition coefficient (Wildman–Crippen LogP) is 4.38. The molecule has 1 unspecified atom stereocenters. The van der Waals surface area contributed by atoms with E-state index in [1.165, 1.54) is 37.1 Å². The summed E-state index contributed by atoms with van der Waals surface area (Å²) in [6.45, 7) is 2.18. The molecule has 2 rings (SSSR count). The SMILES string of the molecule is ClCC1CCCCCN1Cc1ccc(Cl)s1. The van der Waals surface area contributed by atoms with Crippen molar-refractivity contribution < 1.29 is 0 Å². The van der Waals surface area contributed by atoms with Crippen molar-refractivity contribution in [1.82, 2.24) is 4.90 Å². The molecule has 1 saturated heterocycles. The van der Waals surface area contributed by atoms with Gasteiger partial charge in [0.25, 0.3) is 0 Å². The maximum Gasteiger partial charge on any atom is 0.0931 e. The predicted molar refractivity (Wildman–Crippen MR) is 72.7 cm³/mol. The maximum absolute atomic E-state index is 6.05. The van der Waals surface area contributed by atoms with Crippen LogP contribution in [0.15, 0.2) is 12.1 Å². The highest BCUT2D eigenvalue weighted by Gasteiger charge is 2.20. The molecule has 0 N–H and O–H groups in total.